The Hall–Kier alpha value is -4.57. The number of fused-ring (bicyclic) bond motifs is 6. The highest BCUT2D eigenvalue weighted by atomic mass is 16.5. The first-order valence-electron chi connectivity index (χ1n) is 12.3. The highest BCUT2D eigenvalue weighted by molar-refractivity contribution is 6.99. The van der Waals surface area contributed by atoms with Crippen molar-refractivity contribution in [1.82, 2.24) is 4.98 Å². The lowest BCUT2D eigenvalue weighted by molar-refractivity contribution is 0.488. The Morgan fingerprint density at radius 3 is 2.28 bits per heavy atom. The van der Waals surface area contributed by atoms with Crippen molar-refractivity contribution in [1.29, 1.82) is 0 Å². The van der Waals surface area contributed by atoms with Crippen LogP contribution in [0.2, 0.25) is 0 Å². The van der Waals surface area contributed by atoms with Gasteiger partial charge in [0.15, 0.2) is 0 Å². The summed E-state index contributed by atoms with van der Waals surface area (Å²) in [6.07, 6.45) is 3.84. The van der Waals surface area contributed by atoms with Gasteiger partial charge in [-0.15, -0.1) is 0 Å². The summed E-state index contributed by atoms with van der Waals surface area (Å²) >= 11 is 0. The van der Waals surface area contributed by atoms with Crippen LogP contribution in [0.1, 0.15) is 5.56 Å². The molecule has 3 heterocycles. The van der Waals surface area contributed by atoms with Gasteiger partial charge < -0.3 is 9.64 Å². The van der Waals surface area contributed by atoms with Gasteiger partial charge in [0, 0.05) is 34.8 Å². The Morgan fingerprint density at radius 2 is 1.42 bits per heavy atom. The number of pyridine rings is 1. The molecule has 5 aromatic carbocycles. The van der Waals surface area contributed by atoms with E-state index in [2.05, 4.69) is 114 Å². The summed E-state index contributed by atoms with van der Waals surface area (Å²) in [4.78, 5) is 6.80. The summed E-state index contributed by atoms with van der Waals surface area (Å²) in [5.74, 6) is 1.89. The van der Waals surface area contributed by atoms with Gasteiger partial charge in [-0.1, -0.05) is 54.6 Å². The number of ether oxygens (including phenoxy) is 1. The summed E-state index contributed by atoms with van der Waals surface area (Å²) in [7, 11) is 0. The zero-order valence-electron chi connectivity index (χ0n) is 19.8. The van der Waals surface area contributed by atoms with Crippen LogP contribution in [0, 0.1) is 6.92 Å². The van der Waals surface area contributed by atoms with Gasteiger partial charge in [0.1, 0.15) is 11.5 Å². The minimum absolute atomic E-state index is 0.0801. The fourth-order valence-corrected chi connectivity index (χ4v) is 6.00. The van der Waals surface area contributed by atoms with Crippen molar-refractivity contribution >= 4 is 61.7 Å². The Bertz CT molecular complexity index is 1850. The smallest absolute Gasteiger partial charge is 0.256 e. The standard InChI is InChI=1S/C32H21BN2O/c1-20-13-29-32-31(14-20)36-30-18-22-8-6-5-7-21(22)16-27(30)33(32)26-15-23-11-12-34-19-24(23)17-28(26)35(29)25-9-3-2-4-10-25/h2-19H,1H3. The molecule has 4 heteroatoms. The molecule has 0 saturated carbocycles. The number of rotatable bonds is 1. The van der Waals surface area contributed by atoms with Gasteiger partial charge in [-0.3, -0.25) is 4.98 Å². The molecular formula is C32H21BN2O. The van der Waals surface area contributed by atoms with Crippen molar-refractivity contribution in [2.24, 2.45) is 0 Å². The molecule has 168 valence electrons. The third-order valence-corrected chi connectivity index (χ3v) is 7.56. The molecular weight excluding hydrogens is 439 g/mol. The number of hydrogen-bond acceptors (Lipinski definition) is 3. The molecule has 3 nitrogen and oxygen atoms in total. The minimum Gasteiger partial charge on any atom is -0.458 e. The van der Waals surface area contributed by atoms with Crippen LogP contribution in [0.3, 0.4) is 0 Å². The van der Waals surface area contributed by atoms with Crippen LogP contribution >= 0.6 is 0 Å². The maximum absolute atomic E-state index is 6.66. The molecule has 6 aromatic rings. The van der Waals surface area contributed by atoms with Gasteiger partial charge in [0.05, 0.1) is 0 Å². The molecule has 0 unspecified atom stereocenters. The van der Waals surface area contributed by atoms with Gasteiger partial charge in [0.25, 0.3) is 6.71 Å². The topological polar surface area (TPSA) is 25.4 Å². The number of aromatic nitrogens is 1. The van der Waals surface area contributed by atoms with E-state index in [0.717, 1.165) is 22.6 Å². The lowest BCUT2D eigenvalue weighted by atomic mass is 9.34. The van der Waals surface area contributed by atoms with E-state index < -0.39 is 0 Å². The van der Waals surface area contributed by atoms with Crippen molar-refractivity contribution in [3.8, 4) is 11.5 Å². The molecule has 0 N–H and O–H groups in total. The molecule has 0 spiro atoms. The van der Waals surface area contributed by atoms with Crippen LogP contribution in [-0.2, 0) is 0 Å². The van der Waals surface area contributed by atoms with E-state index in [4.69, 9.17) is 4.74 Å². The molecule has 0 fully saturated rings. The highest BCUT2D eigenvalue weighted by Crippen LogP contribution is 2.42. The number of aryl methyl sites for hydroxylation is 1. The van der Waals surface area contributed by atoms with Gasteiger partial charge >= 0.3 is 0 Å². The summed E-state index contributed by atoms with van der Waals surface area (Å²) in [6, 6.07) is 34.9. The van der Waals surface area contributed by atoms with Crippen LogP contribution in [0.25, 0.3) is 21.5 Å². The second-order valence-corrected chi connectivity index (χ2v) is 9.77. The number of anilines is 3. The number of nitrogens with zero attached hydrogens (tertiary/aromatic N) is 2. The van der Waals surface area contributed by atoms with Gasteiger partial charge in [-0.2, -0.15) is 0 Å². The zero-order chi connectivity index (χ0) is 23.8. The molecule has 0 amide bonds. The predicted molar refractivity (Wildman–Crippen MR) is 150 cm³/mol. The normalized spacial score (nSPS) is 13.2. The van der Waals surface area contributed by atoms with Crippen molar-refractivity contribution in [3.05, 3.63) is 115 Å². The van der Waals surface area contributed by atoms with Gasteiger partial charge in [0.2, 0.25) is 0 Å². The van der Waals surface area contributed by atoms with Crippen molar-refractivity contribution in [3.63, 3.8) is 0 Å². The maximum atomic E-state index is 6.66. The van der Waals surface area contributed by atoms with Crippen LogP contribution in [-0.4, -0.2) is 11.7 Å². The summed E-state index contributed by atoms with van der Waals surface area (Å²) in [5, 5.41) is 4.76. The van der Waals surface area contributed by atoms with Crippen LogP contribution in [0.5, 0.6) is 11.5 Å². The van der Waals surface area contributed by atoms with Crippen LogP contribution < -0.4 is 26.0 Å². The van der Waals surface area contributed by atoms with E-state index in [9.17, 15) is 0 Å². The summed E-state index contributed by atoms with van der Waals surface area (Å²) in [5.41, 5.74) is 8.42. The third kappa shape index (κ3) is 2.73. The summed E-state index contributed by atoms with van der Waals surface area (Å²) < 4.78 is 6.66. The van der Waals surface area contributed by atoms with E-state index in [1.807, 2.05) is 12.4 Å². The molecule has 8 rings (SSSR count). The lowest BCUT2D eigenvalue weighted by Crippen LogP contribution is -2.59. The van der Waals surface area contributed by atoms with E-state index in [1.165, 1.54) is 49.5 Å². The molecule has 0 saturated heterocycles. The Labute approximate surface area is 209 Å². The fraction of sp³-hybridized carbons (Fsp3) is 0.0312. The van der Waals surface area contributed by atoms with Gasteiger partial charge in [-0.25, -0.2) is 0 Å². The van der Waals surface area contributed by atoms with Crippen molar-refractivity contribution in [2.45, 2.75) is 6.92 Å². The molecule has 1 aromatic heterocycles. The lowest BCUT2D eigenvalue weighted by Gasteiger charge is -2.40. The molecule has 2 aliphatic heterocycles. The molecule has 0 atom stereocenters. The van der Waals surface area contributed by atoms with Crippen LogP contribution in [0.4, 0.5) is 17.1 Å². The van der Waals surface area contributed by atoms with E-state index in [-0.39, 0.29) is 6.71 Å². The quantitative estimate of drug-likeness (QED) is 0.277. The van der Waals surface area contributed by atoms with E-state index in [1.54, 1.807) is 0 Å². The SMILES string of the molecule is Cc1cc2c3c(c1)N(c1ccccc1)c1cc4cnccc4cc1B3c1cc3ccccc3cc1O2. The molecule has 0 bridgehead atoms. The first-order chi connectivity index (χ1) is 17.7. The second kappa shape index (κ2) is 7.22. The van der Waals surface area contributed by atoms with Crippen LogP contribution in [0.15, 0.2) is 109 Å². The van der Waals surface area contributed by atoms with Crippen molar-refractivity contribution < 1.29 is 4.74 Å². The number of hydrogen-bond donors (Lipinski definition) is 0. The fourth-order valence-electron chi connectivity index (χ4n) is 6.00. The van der Waals surface area contributed by atoms with E-state index in [0.29, 0.717) is 0 Å². The first-order valence-corrected chi connectivity index (χ1v) is 12.3. The Balaban J connectivity index is 1.51. The average Bonchev–Trinajstić information content (AvgIpc) is 2.91. The zero-order valence-corrected chi connectivity index (χ0v) is 19.8. The molecule has 0 aliphatic carbocycles. The summed E-state index contributed by atoms with van der Waals surface area (Å²) in [6.45, 7) is 2.23. The maximum Gasteiger partial charge on any atom is 0.256 e. The second-order valence-electron chi connectivity index (χ2n) is 9.77. The number of benzene rings is 5. The first kappa shape index (κ1) is 19.7. The van der Waals surface area contributed by atoms with Crippen molar-refractivity contribution in [2.75, 3.05) is 4.90 Å². The monoisotopic (exact) mass is 460 g/mol. The minimum atomic E-state index is 0.0801. The average molecular weight is 460 g/mol. The number of para-hydroxylation sites is 1. The predicted octanol–water partition coefficient (Wildman–Crippen LogP) is 6.10. The molecule has 0 radical (unpaired) electrons. The Morgan fingerprint density at radius 1 is 0.667 bits per heavy atom. The molecule has 2 aliphatic rings. The van der Waals surface area contributed by atoms with E-state index >= 15 is 0 Å². The third-order valence-electron chi connectivity index (χ3n) is 7.56. The highest BCUT2D eigenvalue weighted by Gasteiger charge is 2.42. The molecule has 36 heavy (non-hydrogen) atoms. The Kier molecular flexibility index (Phi) is 3.95. The van der Waals surface area contributed by atoms with Gasteiger partial charge in [-0.05, 0) is 87.5 Å². The largest absolute Gasteiger partial charge is 0.458 e.